The first-order valence-electron chi connectivity index (χ1n) is 35.7. The van der Waals surface area contributed by atoms with Gasteiger partial charge in [-0.2, -0.15) is 15.5 Å². The van der Waals surface area contributed by atoms with Crippen LogP contribution in [-0.4, -0.2) is 184 Å². The second-order valence-corrected chi connectivity index (χ2v) is 27.0. The van der Waals surface area contributed by atoms with Gasteiger partial charge in [0.15, 0.2) is 0 Å². The second kappa shape index (κ2) is 45.8. The highest BCUT2D eigenvalue weighted by atomic mass is 35.5. The summed E-state index contributed by atoms with van der Waals surface area (Å²) in [6.45, 7) is 23.0. The number of H-pyrrole nitrogens is 5. The molecule has 11 aromatic rings. The number of nitriles is 2. The first kappa shape index (κ1) is 85.6. The summed E-state index contributed by atoms with van der Waals surface area (Å²) in [5, 5.41) is 28.0. The van der Waals surface area contributed by atoms with E-state index < -0.39 is 16.9 Å². The quantitative estimate of drug-likeness (QED) is 0.0155. The highest BCUT2D eigenvalue weighted by Gasteiger charge is 2.21. The number of hydrogen-bond acceptors (Lipinski definition) is 23. The molecular formula is C78H85Cl4N20O9P. The van der Waals surface area contributed by atoms with Crippen LogP contribution in [0.4, 0.5) is 11.6 Å². The third-order valence-corrected chi connectivity index (χ3v) is 18.7. The number of ether oxygens (including phenoxy) is 4. The second-order valence-electron chi connectivity index (χ2n) is 25.3. The number of morpholine rings is 4. The maximum Gasteiger partial charge on any atom is 0.325 e. The van der Waals surface area contributed by atoms with Crippen LogP contribution in [0, 0.1) is 48.1 Å². The Balaban J connectivity index is 0.000000160. The number of nitrogens with zero attached hydrogens (tertiary/aromatic N) is 13. The molecule has 4 aliphatic heterocycles. The SMILES string of the molecule is CC#CP=O.Cc1cc2c(C#N)cccc2[nH]1.Cc1cc2c(C#N)cccc2n1-c1ncc(CN2CCOCC2)c(NCc2ccccc2)n1.Clc1ncc(CN2CCOCC2)c(Cl)n1.Clc1ncc(CN2CCOCC2)c(NCc2ccccc2)n1.O=c1[nH]cc(CCl)c(=O)[nH]1.O=c1[nH]cc(CN2CCOCC2)c(=O)[nH]1. The molecule has 0 unspecified atom stereocenters. The maximum atomic E-state index is 11.4. The van der Waals surface area contributed by atoms with Crippen LogP contribution in [0.25, 0.3) is 27.8 Å². The largest absolute Gasteiger partial charge is 0.379 e. The summed E-state index contributed by atoms with van der Waals surface area (Å²) in [6, 6.07) is 40.4. The number of aryl methyl sites for hydroxylation is 2. The van der Waals surface area contributed by atoms with Crippen LogP contribution in [0.1, 0.15) is 68.4 Å². The molecule has 15 rings (SSSR count). The van der Waals surface area contributed by atoms with E-state index in [1.54, 1.807) is 19.3 Å². The molecule has 4 saturated heterocycles. The molecule has 4 aromatic carbocycles. The minimum Gasteiger partial charge on any atom is -0.379 e. The van der Waals surface area contributed by atoms with Crippen molar-refractivity contribution in [2.45, 2.75) is 65.9 Å². The minimum atomic E-state index is -0.515. The number of halogens is 4. The lowest BCUT2D eigenvalue weighted by Gasteiger charge is -2.27. The van der Waals surface area contributed by atoms with Crippen molar-refractivity contribution >= 4 is 88.3 Å². The number of anilines is 2. The third kappa shape index (κ3) is 27.2. The van der Waals surface area contributed by atoms with E-state index in [9.17, 15) is 29.0 Å². The molecule has 0 bridgehead atoms. The molecule has 29 nitrogen and oxygen atoms in total. The zero-order valence-corrected chi connectivity index (χ0v) is 65.9. The lowest BCUT2D eigenvalue weighted by Crippen LogP contribution is -2.38. The summed E-state index contributed by atoms with van der Waals surface area (Å²) in [7, 11) is -0.0814. The number of aromatic nitrogens is 12. The zero-order valence-electron chi connectivity index (χ0n) is 62.0. The van der Waals surface area contributed by atoms with Crippen molar-refractivity contribution < 1.29 is 23.5 Å². The van der Waals surface area contributed by atoms with E-state index in [1.807, 2.05) is 115 Å². The lowest BCUT2D eigenvalue weighted by atomic mass is 10.1. The number of benzene rings is 4. The van der Waals surface area contributed by atoms with Gasteiger partial charge in [-0.15, -0.1) is 11.6 Å². The molecule has 0 atom stereocenters. The number of hydrogen-bond donors (Lipinski definition) is 7. The Bertz CT molecular complexity index is 5240. The van der Waals surface area contributed by atoms with Crippen molar-refractivity contribution in [1.82, 2.24) is 79.0 Å². The van der Waals surface area contributed by atoms with E-state index >= 15 is 0 Å². The topological polar surface area (TPSA) is 368 Å². The summed E-state index contributed by atoms with van der Waals surface area (Å²) in [5.41, 5.74) is 12.3. The normalized spacial score (nSPS) is 14.3. The number of aromatic amines is 5. The van der Waals surface area contributed by atoms with Gasteiger partial charge in [-0.25, -0.2) is 34.5 Å². The smallest absolute Gasteiger partial charge is 0.325 e. The van der Waals surface area contributed by atoms with Crippen LogP contribution >= 0.6 is 54.9 Å². The van der Waals surface area contributed by atoms with Crippen molar-refractivity contribution in [1.29, 1.82) is 10.5 Å². The number of nitrogens with one attached hydrogen (secondary N) is 7. The van der Waals surface area contributed by atoms with E-state index in [2.05, 4.69) is 118 Å². The van der Waals surface area contributed by atoms with Gasteiger partial charge < -0.3 is 44.5 Å². The molecule has 112 heavy (non-hydrogen) atoms. The van der Waals surface area contributed by atoms with Crippen molar-refractivity contribution in [2.75, 3.05) is 116 Å². The van der Waals surface area contributed by atoms with Crippen LogP contribution in [0.15, 0.2) is 159 Å². The van der Waals surface area contributed by atoms with Gasteiger partial charge in [0, 0.05) is 178 Å². The molecule has 584 valence electrons. The fourth-order valence-corrected chi connectivity index (χ4v) is 12.5. The molecule has 0 saturated carbocycles. The van der Waals surface area contributed by atoms with E-state index in [0.717, 1.165) is 179 Å². The van der Waals surface area contributed by atoms with Crippen LogP contribution in [0.5, 0.6) is 0 Å². The van der Waals surface area contributed by atoms with Crippen LogP contribution in [-0.2, 0) is 68.7 Å². The van der Waals surface area contributed by atoms with Crippen molar-refractivity contribution in [3.63, 3.8) is 0 Å². The van der Waals surface area contributed by atoms with Crippen LogP contribution < -0.4 is 33.1 Å². The minimum absolute atomic E-state index is 0.0814. The molecule has 0 amide bonds. The number of fused-ring (bicyclic) bond motifs is 2. The van der Waals surface area contributed by atoms with E-state index in [-0.39, 0.29) is 30.5 Å². The highest BCUT2D eigenvalue weighted by molar-refractivity contribution is 7.30. The van der Waals surface area contributed by atoms with Crippen LogP contribution in [0.2, 0.25) is 15.7 Å². The molecule has 34 heteroatoms. The predicted molar refractivity (Wildman–Crippen MR) is 433 cm³/mol. The molecule has 11 heterocycles. The van der Waals surface area contributed by atoms with Gasteiger partial charge in [0.25, 0.3) is 11.1 Å². The lowest BCUT2D eigenvalue weighted by molar-refractivity contribution is 0.0339. The number of alkyl halides is 1. The average Bonchev–Trinajstić information content (AvgIpc) is 1.62. The molecule has 0 aliphatic carbocycles. The van der Waals surface area contributed by atoms with Gasteiger partial charge >= 0.3 is 11.4 Å². The van der Waals surface area contributed by atoms with Gasteiger partial charge in [-0.3, -0.25) is 48.3 Å². The van der Waals surface area contributed by atoms with Crippen LogP contribution in [0.3, 0.4) is 0 Å². The van der Waals surface area contributed by atoms with Crippen molar-refractivity contribution in [2.24, 2.45) is 0 Å². The molecule has 4 aliphatic rings. The highest BCUT2D eigenvalue weighted by Crippen LogP contribution is 2.28. The average molecular weight is 1620 g/mol. The van der Waals surface area contributed by atoms with Crippen molar-refractivity contribution in [3.05, 3.63) is 259 Å². The molecule has 7 N–H and O–H groups in total. The maximum absolute atomic E-state index is 11.4. The van der Waals surface area contributed by atoms with Gasteiger partial charge in [0.05, 0.1) is 87.5 Å². The Kier molecular flexibility index (Phi) is 35.0. The summed E-state index contributed by atoms with van der Waals surface area (Å²) < 4.78 is 32.7. The summed E-state index contributed by atoms with van der Waals surface area (Å²) in [4.78, 5) is 90.5. The Morgan fingerprint density at radius 2 is 0.964 bits per heavy atom. The van der Waals surface area contributed by atoms with Gasteiger partial charge in [0.2, 0.25) is 25.0 Å². The molecule has 0 spiro atoms. The first-order valence-corrected chi connectivity index (χ1v) is 38.2. The predicted octanol–water partition coefficient (Wildman–Crippen LogP) is 10.5. The van der Waals surface area contributed by atoms with Gasteiger partial charge in [-0.1, -0.05) is 90.3 Å². The standard InChI is InChI=1S/C26H26N6O.C16H19ClN4O.C10H8N2.C9H11Cl2N3O.C9H13N3O3.C5H5ClN2O2.C3H3OP/c1-19-14-23-21(15-27)8-5-9-24(23)32(19)26-29-17-22(18-31-10-12-33-13-11-31)25(30-26)28-16-20-6-3-2-4-7-20;17-16-19-11-14(12-21-6-8-22-9-7-21)15(20-16)18-10-13-4-2-1-3-5-13;1-7-5-9-8(6-11)3-2-4-10(9)12-7;10-8-7(5-12-9(11)13-8)6-14-1-3-15-4-2-14;13-8-7(5-10-9(14)11-8)6-12-1-3-15-4-2-12;6-1-3-2-7-5(10)8-4(3)9;1-2-3-5-4/h2-9,14,17H,10-13,16,18H2,1H3,(H,28,29,30);1-5,11H,6-10,12H2,(H,18,19,20);2-5,12H,1H3;5H,1-4,6H2;5H,1-4,6H2,(H2,10,11,13,14);2H,1H2,(H2,7,8,9,10);1H3. The Labute approximate surface area is 667 Å². The molecule has 0 radical (unpaired) electrons. The molecule has 7 aromatic heterocycles. The Morgan fingerprint density at radius 3 is 1.43 bits per heavy atom. The fraction of sp³-hybridized carbons (Fsp3) is 0.333. The van der Waals surface area contributed by atoms with E-state index in [1.165, 1.54) is 23.5 Å². The Morgan fingerprint density at radius 1 is 0.518 bits per heavy atom. The monoisotopic (exact) mass is 1620 g/mol. The summed E-state index contributed by atoms with van der Waals surface area (Å²) >= 11 is 22.9. The molecular weight excluding hydrogens is 1530 g/mol. The number of rotatable bonds is 16. The summed E-state index contributed by atoms with van der Waals surface area (Å²) in [5.74, 6) is 4.77. The fourth-order valence-electron chi connectivity index (χ4n) is 11.7. The van der Waals surface area contributed by atoms with Crippen molar-refractivity contribution in [3.8, 4) is 29.7 Å². The van der Waals surface area contributed by atoms with E-state index in [0.29, 0.717) is 60.6 Å². The third-order valence-electron chi connectivity index (χ3n) is 17.4. The first-order chi connectivity index (χ1) is 54.5. The van der Waals surface area contributed by atoms with Gasteiger partial charge in [-0.05, 0) is 97.2 Å². The van der Waals surface area contributed by atoms with E-state index in [4.69, 9.17) is 80.6 Å². The zero-order chi connectivity index (χ0) is 79.4. The Hall–Kier alpha value is -10.4. The van der Waals surface area contributed by atoms with Gasteiger partial charge in [0.1, 0.15) is 16.8 Å². The molecule has 4 fully saturated rings. The summed E-state index contributed by atoms with van der Waals surface area (Å²) in [6.07, 6.45) is 8.17.